The van der Waals surface area contributed by atoms with Crippen molar-refractivity contribution >= 4 is 0 Å². The zero-order valence-corrected chi connectivity index (χ0v) is 15.7. The predicted octanol–water partition coefficient (Wildman–Crippen LogP) is 1.21. The van der Waals surface area contributed by atoms with Crippen molar-refractivity contribution in [2.45, 2.75) is 82.5 Å². The number of ether oxygens (including phenoxy) is 3. The highest BCUT2D eigenvalue weighted by molar-refractivity contribution is 5.00. The Morgan fingerprint density at radius 3 is 2.64 bits per heavy atom. The monoisotopic (exact) mass is 353 g/mol. The summed E-state index contributed by atoms with van der Waals surface area (Å²) < 4.78 is 18.5. The van der Waals surface area contributed by atoms with Gasteiger partial charge < -0.3 is 19.5 Å². The van der Waals surface area contributed by atoms with Crippen LogP contribution in [0.5, 0.6) is 0 Å². The zero-order chi connectivity index (χ0) is 17.2. The summed E-state index contributed by atoms with van der Waals surface area (Å²) >= 11 is 0. The van der Waals surface area contributed by atoms with Gasteiger partial charge in [-0.1, -0.05) is 0 Å². The van der Waals surface area contributed by atoms with Crippen LogP contribution in [-0.2, 0) is 14.2 Å². The minimum Gasteiger partial charge on any atom is -0.379 e. The van der Waals surface area contributed by atoms with Crippen LogP contribution in [0, 0.1) is 11.8 Å². The van der Waals surface area contributed by atoms with Gasteiger partial charge in [0.25, 0.3) is 0 Å². The molecule has 4 fully saturated rings. The molecule has 0 radical (unpaired) electrons. The summed E-state index contributed by atoms with van der Waals surface area (Å²) in [5, 5.41) is 3.60. The fourth-order valence-corrected chi connectivity index (χ4v) is 5.22. The van der Waals surface area contributed by atoms with Gasteiger partial charge in [-0.25, -0.2) is 0 Å². The van der Waals surface area contributed by atoms with Crippen molar-refractivity contribution in [3.8, 4) is 0 Å². The van der Waals surface area contributed by atoms with Crippen LogP contribution in [0.1, 0.15) is 46.0 Å². The molecule has 0 aromatic heterocycles. The van der Waals surface area contributed by atoms with Crippen LogP contribution < -0.4 is 16.2 Å². The first-order valence-corrected chi connectivity index (χ1v) is 10.3. The minimum absolute atomic E-state index is 0.147. The van der Waals surface area contributed by atoms with Crippen molar-refractivity contribution in [1.82, 2.24) is 16.2 Å². The van der Waals surface area contributed by atoms with Crippen LogP contribution in [0.15, 0.2) is 0 Å². The quantitative estimate of drug-likeness (QED) is 0.608. The molecule has 6 nitrogen and oxygen atoms in total. The number of rotatable bonds is 0. The molecule has 6 heteroatoms. The van der Waals surface area contributed by atoms with E-state index < -0.39 is 0 Å². The molecule has 3 aliphatic heterocycles. The molecule has 1 saturated carbocycles. The topological polar surface area (TPSA) is 63.8 Å². The number of fused-ring (bicyclic) bond motifs is 4. The third kappa shape index (κ3) is 4.37. The molecule has 8 atom stereocenters. The van der Waals surface area contributed by atoms with E-state index in [0.29, 0.717) is 36.6 Å². The van der Waals surface area contributed by atoms with E-state index in [0.717, 1.165) is 32.5 Å². The summed E-state index contributed by atoms with van der Waals surface area (Å²) in [7, 11) is 0. The Balaban J connectivity index is 1.48. The van der Waals surface area contributed by atoms with Crippen molar-refractivity contribution in [2.75, 3.05) is 26.3 Å². The smallest absolute Gasteiger partial charge is 0.0784 e. The molecule has 1 aliphatic carbocycles. The van der Waals surface area contributed by atoms with Gasteiger partial charge in [0.2, 0.25) is 0 Å². The number of hydrazine groups is 1. The molecule has 3 N–H and O–H groups in total. The lowest BCUT2D eigenvalue weighted by Crippen LogP contribution is -2.51. The third-order valence-electron chi connectivity index (χ3n) is 6.47. The van der Waals surface area contributed by atoms with E-state index >= 15 is 0 Å². The first-order valence-electron chi connectivity index (χ1n) is 10.3. The number of hydrogen-bond acceptors (Lipinski definition) is 6. The maximum absolute atomic E-state index is 6.37. The van der Waals surface area contributed by atoms with Crippen LogP contribution in [0.4, 0.5) is 0 Å². The molecule has 0 aromatic carbocycles. The summed E-state index contributed by atoms with van der Waals surface area (Å²) in [6.45, 7) is 7.77. The molecular formula is C19H35N3O3. The standard InChI is InChI=1S/C19H35N3O3/c1-12-5-6-23-11-13(2)25-16-7-14(9-20-10-16)19-17-8-15(24-12)3-4-18(17)21-22-19/h12-22H,3-11H2,1-2H3/t12-,13-,14?,15?,16?,17?,18?,19?/m1/s1. The van der Waals surface area contributed by atoms with Gasteiger partial charge in [0, 0.05) is 25.2 Å². The highest BCUT2D eigenvalue weighted by Crippen LogP contribution is 2.37. The van der Waals surface area contributed by atoms with E-state index in [1.165, 1.54) is 19.3 Å². The van der Waals surface area contributed by atoms with Crippen molar-refractivity contribution in [3.63, 3.8) is 0 Å². The highest BCUT2D eigenvalue weighted by atomic mass is 16.5. The molecule has 4 rings (SSSR count). The molecular weight excluding hydrogens is 318 g/mol. The molecule has 25 heavy (non-hydrogen) atoms. The van der Waals surface area contributed by atoms with Gasteiger partial charge in [0.05, 0.1) is 31.0 Å². The molecule has 0 spiro atoms. The van der Waals surface area contributed by atoms with Gasteiger partial charge in [-0.05, 0) is 64.3 Å². The number of hydrogen-bond donors (Lipinski definition) is 3. The average molecular weight is 354 g/mol. The Morgan fingerprint density at radius 1 is 0.840 bits per heavy atom. The molecule has 6 unspecified atom stereocenters. The molecule has 0 aromatic rings. The number of nitrogens with one attached hydrogen (secondary N) is 3. The lowest BCUT2D eigenvalue weighted by Gasteiger charge is -2.39. The Labute approximate surface area is 151 Å². The Hall–Kier alpha value is -0.240. The SMILES string of the molecule is C[C@@H]1CCOC[C@@H](C)OC2CNCC(C2)C2NNC3CCC(CC32)O1. The van der Waals surface area contributed by atoms with Gasteiger partial charge in [-0.2, -0.15) is 0 Å². The third-order valence-corrected chi connectivity index (χ3v) is 6.47. The maximum Gasteiger partial charge on any atom is 0.0784 e. The Morgan fingerprint density at radius 2 is 1.72 bits per heavy atom. The predicted molar refractivity (Wildman–Crippen MR) is 96.3 cm³/mol. The fraction of sp³-hybridized carbons (Fsp3) is 1.00. The summed E-state index contributed by atoms with van der Waals surface area (Å²) in [4.78, 5) is 0. The normalized spacial score (nSPS) is 49.2. The molecule has 0 amide bonds. The van der Waals surface area contributed by atoms with Crippen molar-refractivity contribution in [2.24, 2.45) is 11.8 Å². The second kappa shape index (κ2) is 8.19. The maximum atomic E-state index is 6.37. The van der Waals surface area contributed by atoms with Crippen LogP contribution in [0.3, 0.4) is 0 Å². The minimum atomic E-state index is 0.147. The zero-order valence-electron chi connectivity index (χ0n) is 15.7. The van der Waals surface area contributed by atoms with E-state index in [2.05, 4.69) is 30.0 Å². The second-order valence-electron chi connectivity index (χ2n) is 8.55. The first-order chi connectivity index (χ1) is 12.2. The van der Waals surface area contributed by atoms with Gasteiger partial charge in [0.15, 0.2) is 0 Å². The van der Waals surface area contributed by atoms with Gasteiger partial charge >= 0.3 is 0 Å². The first kappa shape index (κ1) is 18.1. The number of piperidine rings is 1. The van der Waals surface area contributed by atoms with E-state index in [-0.39, 0.29) is 18.3 Å². The van der Waals surface area contributed by atoms with Gasteiger partial charge in [-0.15, -0.1) is 0 Å². The van der Waals surface area contributed by atoms with E-state index in [4.69, 9.17) is 14.2 Å². The van der Waals surface area contributed by atoms with Crippen LogP contribution in [-0.4, -0.2) is 62.8 Å². The van der Waals surface area contributed by atoms with E-state index in [9.17, 15) is 0 Å². The van der Waals surface area contributed by atoms with Crippen LogP contribution in [0.2, 0.25) is 0 Å². The molecule has 144 valence electrons. The Kier molecular flexibility index (Phi) is 5.94. The fourth-order valence-electron chi connectivity index (χ4n) is 5.22. The molecule has 3 heterocycles. The lowest BCUT2D eigenvalue weighted by molar-refractivity contribution is -0.0696. The van der Waals surface area contributed by atoms with E-state index in [1.807, 2.05) is 0 Å². The molecule has 3 saturated heterocycles. The Bertz CT molecular complexity index is 438. The second-order valence-corrected chi connectivity index (χ2v) is 8.55. The summed E-state index contributed by atoms with van der Waals surface area (Å²) in [5.41, 5.74) is 7.21. The lowest BCUT2D eigenvalue weighted by atomic mass is 9.74. The van der Waals surface area contributed by atoms with Crippen molar-refractivity contribution in [3.05, 3.63) is 0 Å². The summed E-state index contributed by atoms with van der Waals surface area (Å²) in [6, 6.07) is 1.11. The summed E-state index contributed by atoms with van der Waals surface area (Å²) in [6.07, 6.45) is 6.73. The van der Waals surface area contributed by atoms with Crippen molar-refractivity contribution < 1.29 is 14.2 Å². The van der Waals surface area contributed by atoms with E-state index in [1.54, 1.807) is 0 Å². The average Bonchev–Trinajstić information content (AvgIpc) is 3.01. The van der Waals surface area contributed by atoms with Crippen LogP contribution >= 0.6 is 0 Å². The van der Waals surface area contributed by atoms with Crippen molar-refractivity contribution in [1.29, 1.82) is 0 Å². The van der Waals surface area contributed by atoms with Gasteiger partial charge in [0.1, 0.15) is 0 Å². The highest BCUT2D eigenvalue weighted by Gasteiger charge is 2.45. The van der Waals surface area contributed by atoms with Gasteiger partial charge in [-0.3, -0.25) is 10.9 Å². The van der Waals surface area contributed by atoms with Crippen LogP contribution in [0.25, 0.3) is 0 Å². The summed E-state index contributed by atoms with van der Waals surface area (Å²) in [5.74, 6) is 1.27. The molecule has 4 aliphatic rings. The largest absolute Gasteiger partial charge is 0.379 e. The molecule has 4 bridgehead atoms.